The van der Waals surface area contributed by atoms with E-state index in [1.54, 1.807) is 18.2 Å². The molecule has 1 aromatic heterocycles. The molecule has 0 radical (unpaired) electrons. The van der Waals surface area contributed by atoms with Gasteiger partial charge in [0.2, 0.25) is 0 Å². The molecule has 2 heterocycles. The number of rotatable bonds is 3. The molecule has 1 aliphatic rings. The first-order valence-electron chi connectivity index (χ1n) is 7.93. The van der Waals surface area contributed by atoms with Crippen LogP contribution in [0.3, 0.4) is 0 Å². The quantitative estimate of drug-likeness (QED) is 0.778. The van der Waals surface area contributed by atoms with Gasteiger partial charge in [-0.05, 0) is 37.1 Å². The van der Waals surface area contributed by atoms with Crippen molar-refractivity contribution in [1.82, 2.24) is 9.97 Å². The maximum atomic E-state index is 13.9. The van der Waals surface area contributed by atoms with Crippen molar-refractivity contribution in [3.63, 3.8) is 0 Å². The van der Waals surface area contributed by atoms with E-state index in [9.17, 15) is 4.39 Å². The summed E-state index contributed by atoms with van der Waals surface area (Å²) in [5.74, 6) is 1.76. The minimum Gasteiger partial charge on any atom is -0.338 e. The molecule has 4 nitrogen and oxygen atoms in total. The van der Waals surface area contributed by atoms with Gasteiger partial charge in [-0.2, -0.15) is 0 Å². The molecule has 0 spiro atoms. The van der Waals surface area contributed by atoms with Gasteiger partial charge in [0.25, 0.3) is 0 Å². The minimum absolute atomic E-state index is 0.304. The Hall–Kier alpha value is -2.95. The molecule has 0 atom stereocenters. The van der Waals surface area contributed by atoms with Crippen molar-refractivity contribution in [2.75, 3.05) is 16.8 Å². The summed E-state index contributed by atoms with van der Waals surface area (Å²) in [6.45, 7) is 2.73. The fourth-order valence-corrected chi connectivity index (χ4v) is 3.03. The number of nitrogens with zero attached hydrogens (tertiary/aromatic N) is 3. The van der Waals surface area contributed by atoms with Gasteiger partial charge >= 0.3 is 0 Å². The van der Waals surface area contributed by atoms with Gasteiger partial charge in [-0.25, -0.2) is 14.4 Å². The number of anilines is 4. The zero-order valence-corrected chi connectivity index (χ0v) is 13.3. The average molecular weight is 320 g/mol. The maximum Gasteiger partial charge on any atom is 0.146 e. The van der Waals surface area contributed by atoms with Gasteiger partial charge < -0.3 is 10.2 Å². The summed E-state index contributed by atoms with van der Waals surface area (Å²) in [5, 5.41) is 3.05. The molecule has 1 N–H and O–H groups in total. The number of hydrogen-bond donors (Lipinski definition) is 1. The molecule has 5 heteroatoms. The van der Waals surface area contributed by atoms with Gasteiger partial charge in [-0.15, -0.1) is 0 Å². The average Bonchev–Trinajstić information content (AvgIpc) is 3.01. The molecule has 2 aromatic carbocycles. The Morgan fingerprint density at radius 1 is 1.04 bits per heavy atom. The van der Waals surface area contributed by atoms with Crippen LogP contribution in [0.25, 0.3) is 0 Å². The molecule has 0 fully saturated rings. The molecule has 0 amide bonds. The fourth-order valence-electron chi connectivity index (χ4n) is 3.03. The van der Waals surface area contributed by atoms with Gasteiger partial charge in [0.15, 0.2) is 0 Å². The molecule has 0 saturated heterocycles. The lowest BCUT2D eigenvalue weighted by Gasteiger charge is -2.19. The van der Waals surface area contributed by atoms with E-state index >= 15 is 0 Å². The van der Waals surface area contributed by atoms with Crippen LogP contribution in [0, 0.1) is 12.7 Å². The van der Waals surface area contributed by atoms with Crippen LogP contribution in [0.1, 0.15) is 11.4 Å². The van der Waals surface area contributed by atoms with Crippen molar-refractivity contribution in [3.05, 3.63) is 71.8 Å². The molecule has 120 valence electrons. The molecule has 0 aliphatic carbocycles. The third kappa shape index (κ3) is 2.69. The molecule has 24 heavy (non-hydrogen) atoms. The molecule has 0 saturated carbocycles. The van der Waals surface area contributed by atoms with Crippen molar-refractivity contribution in [2.45, 2.75) is 13.3 Å². The van der Waals surface area contributed by atoms with Crippen LogP contribution in [-0.4, -0.2) is 16.5 Å². The molecule has 4 rings (SSSR count). The summed E-state index contributed by atoms with van der Waals surface area (Å²) in [6.07, 6.45) is 0.995. The number of fused-ring (bicyclic) bond motifs is 1. The predicted molar refractivity (Wildman–Crippen MR) is 93.6 cm³/mol. The van der Waals surface area contributed by atoms with E-state index in [1.807, 2.05) is 19.1 Å². The second kappa shape index (κ2) is 5.92. The van der Waals surface area contributed by atoms with Crippen LogP contribution >= 0.6 is 0 Å². The molecule has 0 unspecified atom stereocenters. The summed E-state index contributed by atoms with van der Waals surface area (Å²) >= 11 is 0. The topological polar surface area (TPSA) is 41.1 Å². The smallest absolute Gasteiger partial charge is 0.146 e. The van der Waals surface area contributed by atoms with E-state index < -0.39 is 0 Å². The maximum absolute atomic E-state index is 13.9. The summed E-state index contributed by atoms with van der Waals surface area (Å²) < 4.78 is 13.9. The number of hydrogen-bond acceptors (Lipinski definition) is 4. The lowest BCUT2D eigenvalue weighted by atomic mass is 10.2. The normalized spacial score (nSPS) is 13.0. The zero-order valence-electron chi connectivity index (χ0n) is 13.3. The van der Waals surface area contributed by atoms with Gasteiger partial charge in [0, 0.05) is 18.3 Å². The lowest BCUT2D eigenvalue weighted by molar-refractivity contribution is 0.632. The molecular formula is C19H17FN4. The highest BCUT2D eigenvalue weighted by Crippen LogP contribution is 2.34. The summed E-state index contributed by atoms with van der Waals surface area (Å²) in [7, 11) is 0. The lowest BCUT2D eigenvalue weighted by Crippen LogP contribution is -2.16. The molecular weight excluding hydrogens is 303 g/mol. The van der Waals surface area contributed by atoms with Crippen molar-refractivity contribution in [1.29, 1.82) is 0 Å². The van der Waals surface area contributed by atoms with Crippen molar-refractivity contribution in [3.8, 4) is 0 Å². The SMILES string of the molecule is Cc1nc(Nc2ccccc2F)cc(N2CCc3ccccc32)n1. The first-order valence-corrected chi connectivity index (χ1v) is 7.93. The number of nitrogens with one attached hydrogen (secondary N) is 1. The van der Waals surface area contributed by atoms with E-state index in [2.05, 4.69) is 38.4 Å². The number of aryl methyl sites for hydroxylation is 1. The van der Waals surface area contributed by atoms with E-state index in [-0.39, 0.29) is 5.82 Å². The van der Waals surface area contributed by atoms with Gasteiger partial charge in [0.05, 0.1) is 5.69 Å². The summed E-state index contributed by atoms with van der Waals surface area (Å²) in [4.78, 5) is 11.1. The summed E-state index contributed by atoms with van der Waals surface area (Å²) in [6, 6.07) is 16.8. The van der Waals surface area contributed by atoms with Crippen molar-refractivity contribution >= 4 is 23.0 Å². The predicted octanol–water partition coefficient (Wildman–Crippen LogP) is 4.36. The molecule has 3 aromatic rings. The number of aromatic nitrogens is 2. The highest BCUT2D eigenvalue weighted by molar-refractivity contribution is 5.70. The Kier molecular flexibility index (Phi) is 3.61. The van der Waals surface area contributed by atoms with Crippen LogP contribution < -0.4 is 10.2 Å². The van der Waals surface area contributed by atoms with Crippen LogP contribution in [-0.2, 0) is 6.42 Å². The Balaban J connectivity index is 1.69. The third-order valence-electron chi connectivity index (χ3n) is 4.12. The highest BCUT2D eigenvalue weighted by atomic mass is 19.1. The van der Waals surface area contributed by atoms with Crippen LogP contribution in [0.5, 0.6) is 0 Å². The van der Waals surface area contributed by atoms with Gasteiger partial charge in [-0.3, -0.25) is 0 Å². The Morgan fingerprint density at radius 3 is 2.71 bits per heavy atom. The van der Waals surface area contributed by atoms with Crippen LogP contribution in [0.2, 0.25) is 0 Å². The third-order valence-corrected chi connectivity index (χ3v) is 4.12. The second-order valence-corrected chi connectivity index (χ2v) is 5.79. The molecule has 0 bridgehead atoms. The molecule has 1 aliphatic heterocycles. The number of para-hydroxylation sites is 2. The number of benzene rings is 2. The Morgan fingerprint density at radius 2 is 1.83 bits per heavy atom. The van der Waals surface area contributed by atoms with Crippen LogP contribution in [0.15, 0.2) is 54.6 Å². The highest BCUT2D eigenvalue weighted by Gasteiger charge is 2.21. The largest absolute Gasteiger partial charge is 0.338 e. The van der Waals surface area contributed by atoms with E-state index in [1.165, 1.54) is 17.3 Å². The Bertz CT molecular complexity index is 894. The van der Waals surface area contributed by atoms with Gasteiger partial charge in [-0.1, -0.05) is 30.3 Å². The first-order chi connectivity index (χ1) is 11.7. The number of halogens is 1. The second-order valence-electron chi connectivity index (χ2n) is 5.79. The standard InChI is InChI=1S/C19H17FN4/c1-13-21-18(23-16-8-4-3-7-15(16)20)12-19(22-13)24-11-10-14-6-2-5-9-17(14)24/h2-9,12H,10-11H2,1H3,(H,21,22,23). The monoisotopic (exact) mass is 320 g/mol. The first kappa shape index (κ1) is 14.6. The summed E-state index contributed by atoms with van der Waals surface area (Å²) in [5.41, 5.74) is 2.90. The zero-order chi connectivity index (χ0) is 16.5. The van der Waals surface area contributed by atoms with Crippen molar-refractivity contribution in [2.24, 2.45) is 0 Å². The van der Waals surface area contributed by atoms with E-state index in [4.69, 9.17) is 0 Å². The minimum atomic E-state index is -0.304. The fraction of sp³-hybridized carbons (Fsp3) is 0.158. The van der Waals surface area contributed by atoms with Gasteiger partial charge in [0.1, 0.15) is 23.3 Å². The Labute approximate surface area is 140 Å². The van der Waals surface area contributed by atoms with E-state index in [0.29, 0.717) is 17.3 Å². The van der Waals surface area contributed by atoms with E-state index in [0.717, 1.165) is 18.8 Å². The van der Waals surface area contributed by atoms with Crippen LogP contribution in [0.4, 0.5) is 27.4 Å². The van der Waals surface area contributed by atoms with Crippen molar-refractivity contribution < 1.29 is 4.39 Å².